The Morgan fingerprint density at radius 3 is 2.82 bits per heavy atom. The first-order chi connectivity index (χ1) is 5.34. The van der Waals surface area contributed by atoms with Crippen LogP contribution in [-0.2, 0) is 0 Å². The molecule has 2 heteroatoms. The van der Waals surface area contributed by atoms with Crippen molar-refractivity contribution in [3.63, 3.8) is 0 Å². The zero-order valence-electron chi connectivity index (χ0n) is 7.27. The van der Waals surface area contributed by atoms with Gasteiger partial charge in [0.1, 0.15) is 0 Å². The minimum atomic E-state index is 0.755. The number of rotatable bonds is 3. The summed E-state index contributed by atoms with van der Waals surface area (Å²) in [5, 5.41) is 7.08. The van der Waals surface area contributed by atoms with Crippen LogP contribution in [0.25, 0.3) is 0 Å². The van der Waals surface area contributed by atoms with Crippen molar-refractivity contribution < 1.29 is 0 Å². The lowest BCUT2D eigenvalue weighted by Gasteiger charge is -2.10. The topological polar surface area (TPSA) is 24.1 Å². The summed E-state index contributed by atoms with van der Waals surface area (Å²) in [5.41, 5.74) is 0. The van der Waals surface area contributed by atoms with Crippen molar-refractivity contribution in [2.75, 3.05) is 13.1 Å². The van der Waals surface area contributed by atoms with E-state index in [0.717, 1.165) is 18.0 Å². The summed E-state index contributed by atoms with van der Waals surface area (Å²) in [5.74, 6) is 0.890. The molecular weight excluding hydrogens is 136 g/mol. The van der Waals surface area contributed by atoms with Gasteiger partial charge in [-0.1, -0.05) is 6.92 Å². The highest BCUT2D eigenvalue weighted by atomic mass is 15.0. The van der Waals surface area contributed by atoms with Crippen molar-refractivity contribution in [3.05, 3.63) is 0 Å². The molecule has 2 rings (SSSR count). The number of nitrogens with one attached hydrogen (secondary N) is 2. The Bertz CT molecular complexity index is 132. The molecule has 1 heterocycles. The van der Waals surface area contributed by atoms with Gasteiger partial charge in [0, 0.05) is 18.6 Å². The Morgan fingerprint density at radius 2 is 2.27 bits per heavy atom. The Balaban J connectivity index is 1.62. The van der Waals surface area contributed by atoms with E-state index in [1.807, 2.05) is 0 Å². The minimum absolute atomic E-state index is 0.755. The molecule has 0 aromatic rings. The fourth-order valence-corrected chi connectivity index (χ4v) is 1.77. The van der Waals surface area contributed by atoms with E-state index in [1.165, 1.54) is 32.4 Å². The van der Waals surface area contributed by atoms with Crippen LogP contribution in [0.15, 0.2) is 0 Å². The summed E-state index contributed by atoms with van der Waals surface area (Å²) in [6.07, 6.45) is 4.17. The second kappa shape index (κ2) is 3.11. The molecule has 0 radical (unpaired) electrons. The third-order valence-electron chi connectivity index (χ3n) is 2.67. The van der Waals surface area contributed by atoms with Gasteiger partial charge in [-0.15, -0.1) is 0 Å². The maximum absolute atomic E-state index is 3.56. The van der Waals surface area contributed by atoms with E-state index >= 15 is 0 Å². The highest BCUT2D eigenvalue weighted by Gasteiger charge is 2.24. The van der Waals surface area contributed by atoms with Crippen molar-refractivity contribution in [1.82, 2.24) is 10.6 Å². The van der Waals surface area contributed by atoms with E-state index in [1.54, 1.807) is 0 Å². The fourth-order valence-electron chi connectivity index (χ4n) is 1.77. The van der Waals surface area contributed by atoms with Gasteiger partial charge in [0.25, 0.3) is 0 Å². The van der Waals surface area contributed by atoms with Crippen molar-refractivity contribution in [1.29, 1.82) is 0 Å². The van der Waals surface area contributed by atoms with Crippen LogP contribution in [0.2, 0.25) is 0 Å². The van der Waals surface area contributed by atoms with Gasteiger partial charge in [-0.25, -0.2) is 0 Å². The summed E-state index contributed by atoms with van der Waals surface area (Å²) < 4.78 is 0. The minimum Gasteiger partial charge on any atom is -0.312 e. The first-order valence-electron chi connectivity index (χ1n) is 4.81. The molecule has 1 saturated heterocycles. The van der Waals surface area contributed by atoms with Crippen LogP contribution in [0.1, 0.15) is 26.2 Å². The monoisotopic (exact) mass is 154 g/mol. The quantitative estimate of drug-likeness (QED) is 0.626. The predicted octanol–water partition coefficient (Wildman–Crippen LogP) is 0.736. The van der Waals surface area contributed by atoms with Crippen LogP contribution in [0.4, 0.5) is 0 Å². The van der Waals surface area contributed by atoms with Crippen molar-refractivity contribution in [2.45, 2.75) is 38.3 Å². The molecule has 2 fully saturated rings. The van der Waals surface area contributed by atoms with Gasteiger partial charge in [-0.3, -0.25) is 0 Å². The van der Waals surface area contributed by atoms with Crippen LogP contribution >= 0.6 is 0 Å². The SMILES string of the molecule is CC1CNC(CNC2CC2)C1. The van der Waals surface area contributed by atoms with Gasteiger partial charge in [0.2, 0.25) is 0 Å². The lowest BCUT2D eigenvalue weighted by molar-refractivity contribution is 0.523. The standard InChI is InChI=1S/C9H18N2/c1-7-4-9(10-5-7)6-11-8-2-3-8/h7-11H,2-6H2,1H3. The largest absolute Gasteiger partial charge is 0.312 e. The van der Waals surface area contributed by atoms with Crippen LogP contribution < -0.4 is 10.6 Å². The molecule has 0 bridgehead atoms. The first-order valence-corrected chi connectivity index (χ1v) is 4.81. The Hall–Kier alpha value is -0.0800. The summed E-state index contributed by atoms with van der Waals surface area (Å²) in [6.45, 7) is 4.73. The van der Waals surface area contributed by atoms with Crippen molar-refractivity contribution >= 4 is 0 Å². The van der Waals surface area contributed by atoms with Gasteiger partial charge in [-0.05, 0) is 31.7 Å². The van der Waals surface area contributed by atoms with Crippen LogP contribution in [0.3, 0.4) is 0 Å². The average Bonchev–Trinajstić information content (AvgIpc) is 2.72. The molecule has 2 nitrogen and oxygen atoms in total. The van der Waals surface area contributed by atoms with Gasteiger partial charge >= 0.3 is 0 Å². The summed E-state index contributed by atoms with van der Waals surface area (Å²) >= 11 is 0. The second-order valence-electron chi connectivity index (χ2n) is 4.13. The smallest absolute Gasteiger partial charge is 0.0195 e. The third-order valence-corrected chi connectivity index (χ3v) is 2.67. The zero-order chi connectivity index (χ0) is 7.68. The van der Waals surface area contributed by atoms with Crippen LogP contribution in [0.5, 0.6) is 0 Å². The predicted molar refractivity (Wildman–Crippen MR) is 46.6 cm³/mol. The molecule has 2 atom stereocenters. The molecule has 0 aromatic carbocycles. The third kappa shape index (κ3) is 2.17. The van der Waals surface area contributed by atoms with E-state index in [-0.39, 0.29) is 0 Å². The van der Waals surface area contributed by atoms with Crippen LogP contribution in [-0.4, -0.2) is 25.2 Å². The highest BCUT2D eigenvalue weighted by Crippen LogP contribution is 2.19. The van der Waals surface area contributed by atoms with E-state index in [2.05, 4.69) is 17.6 Å². The normalized spacial score (nSPS) is 37.9. The zero-order valence-corrected chi connectivity index (χ0v) is 7.27. The first kappa shape index (κ1) is 7.56. The van der Waals surface area contributed by atoms with Gasteiger partial charge < -0.3 is 10.6 Å². The molecule has 0 amide bonds. The average molecular weight is 154 g/mol. The maximum atomic E-state index is 3.56. The summed E-state index contributed by atoms with van der Waals surface area (Å²) in [6, 6.07) is 1.62. The molecule has 11 heavy (non-hydrogen) atoms. The van der Waals surface area contributed by atoms with E-state index in [0.29, 0.717) is 0 Å². The van der Waals surface area contributed by atoms with Gasteiger partial charge in [0.05, 0.1) is 0 Å². The molecule has 0 spiro atoms. The molecule has 0 aromatic heterocycles. The Morgan fingerprint density at radius 1 is 1.45 bits per heavy atom. The van der Waals surface area contributed by atoms with Crippen molar-refractivity contribution in [3.8, 4) is 0 Å². The van der Waals surface area contributed by atoms with Crippen LogP contribution in [0, 0.1) is 5.92 Å². The fraction of sp³-hybridized carbons (Fsp3) is 1.00. The molecule has 1 aliphatic heterocycles. The number of hydrogen-bond donors (Lipinski definition) is 2. The summed E-state index contributed by atoms with van der Waals surface area (Å²) in [7, 11) is 0. The molecule has 1 saturated carbocycles. The highest BCUT2D eigenvalue weighted by molar-refractivity contribution is 4.86. The van der Waals surface area contributed by atoms with E-state index < -0.39 is 0 Å². The van der Waals surface area contributed by atoms with E-state index in [9.17, 15) is 0 Å². The number of hydrogen-bond acceptors (Lipinski definition) is 2. The molecule has 2 aliphatic rings. The molecular formula is C9H18N2. The maximum Gasteiger partial charge on any atom is 0.0195 e. The lowest BCUT2D eigenvalue weighted by Crippen LogP contribution is -2.34. The Kier molecular flexibility index (Phi) is 2.14. The van der Waals surface area contributed by atoms with Gasteiger partial charge in [0.15, 0.2) is 0 Å². The summed E-state index contributed by atoms with van der Waals surface area (Å²) in [4.78, 5) is 0. The second-order valence-corrected chi connectivity index (χ2v) is 4.13. The van der Waals surface area contributed by atoms with E-state index in [4.69, 9.17) is 0 Å². The van der Waals surface area contributed by atoms with Crippen molar-refractivity contribution in [2.24, 2.45) is 5.92 Å². The molecule has 64 valence electrons. The molecule has 2 unspecified atom stereocenters. The van der Waals surface area contributed by atoms with Gasteiger partial charge in [-0.2, -0.15) is 0 Å². The lowest BCUT2D eigenvalue weighted by atomic mass is 10.1. The Labute approximate surface area is 68.7 Å². The molecule has 1 aliphatic carbocycles. The molecule has 2 N–H and O–H groups in total.